The lowest BCUT2D eigenvalue weighted by atomic mass is 9.90. The number of hydrogen-bond donors (Lipinski definition) is 0. The SMILES string of the molecule is Cc1cnn(CC(=O)N2CCCC2(C(=O)N(C)C)c2cnccn2)c1. The third kappa shape index (κ3) is 2.99. The van der Waals surface area contributed by atoms with E-state index in [0.717, 1.165) is 12.0 Å². The minimum Gasteiger partial charge on any atom is -0.346 e. The maximum Gasteiger partial charge on any atom is 0.254 e. The smallest absolute Gasteiger partial charge is 0.254 e. The molecule has 8 nitrogen and oxygen atoms in total. The van der Waals surface area contributed by atoms with E-state index >= 15 is 0 Å². The van der Waals surface area contributed by atoms with Crippen molar-refractivity contribution in [3.63, 3.8) is 0 Å². The van der Waals surface area contributed by atoms with Crippen molar-refractivity contribution in [2.24, 2.45) is 0 Å². The molecule has 0 spiro atoms. The Hall–Kier alpha value is -2.77. The monoisotopic (exact) mass is 342 g/mol. The molecule has 132 valence electrons. The van der Waals surface area contributed by atoms with Gasteiger partial charge in [0.25, 0.3) is 5.91 Å². The van der Waals surface area contributed by atoms with Gasteiger partial charge in [0.05, 0.1) is 18.1 Å². The maximum absolute atomic E-state index is 13.1. The summed E-state index contributed by atoms with van der Waals surface area (Å²) >= 11 is 0. The highest BCUT2D eigenvalue weighted by atomic mass is 16.2. The number of rotatable bonds is 4. The molecule has 1 atom stereocenters. The van der Waals surface area contributed by atoms with Gasteiger partial charge in [-0.2, -0.15) is 5.10 Å². The van der Waals surface area contributed by atoms with Gasteiger partial charge in [-0.05, 0) is 25.3 Å². The summed E-state index contributed by atoms with van der Waals surface area (Å²) in [5.41, 5.74) is 0.395. The van der Waals surface area contributed by atoms with Crippen LogP contribution in [0, 0.1) is 6.92 Å². The molecule has 0 aliphatic carbocycles. The van der Waals surface area contributed by atoms with E-state index in [0.29, 0.717) is 18.7 Å². The van der Waals surface area contributed by atoms with Crippen molar-refractivity contribution >= 4 is 11.8 Å². The fourth-order valence-electron chi connectivity index (χ4n) is 3.41. The molecule has 2 amide bonds. The zero-order chi connectivity index (χ0) is 18.0. The van der Waals surface area contributed by atoms with Crippen molar-refractivity contribution in [1.29, 1.82) is 0 Å². The Kier molecular flexibility index (Phi) is 4.52. The van der Waals surface area contributed by atoms with Crippen molar-refractivity contribution in [1.82, 2.24) is 29.5 Å². The predicted octanol–water partition coefficient (Wildman–Crippen LogP) is 0.588. The van der Waals surface area contributed by atoms with Crippen LogP contribution in [0.4, 0.5) is 0 Å². The summed E-state index contributed by atoms with van der Waals surface area (Å²) in [5, 5.41) is 4.17. The van der Waals surface area contributed by atoms with Crippen LogP contribution in [0.1, 0.15) is 24.1 Å². The number of nitrogens with zero attached hydrogens (tertiary/aromatic N) is 6. The van der Waals surface area contributed by atoms with Gasteiger partial charge in [0.15, 0.2) is 5.54 Å². The van der Waals surface area contributed by atoms with Crippen LogP contribution in [0.5, 0.6) is 0 Å². The second-order valence-electron chi connectivity index (χ2n) is 6.51. The summed E-state index contributed by atoms with van der Waals surface area (Å²) in [7, 11) is 3.39. The van der Waals surface area contributed by atoms with Crippen molar-refractivity contribution < 1.29 is 9.59 Å². The van der Waals surface area contributed by atoms with Crippen LogP contribution < -0.4 is 0 Å². The molecule has 1 unspecified atom stereocenters. The molecular formula is C17H22N6O2. The Morgan fingerprint density at radius 3 is 2.68 bits per heavy atom. The van der Waals surface area contributed by atoms with Gasteiger partial charge >= 0.3 is 0 Å². The van der Waals surface area contributed by atoms with E-state index in [2.05, 4.69) is 15.1 Å². The number of carbonyl (C=O) groups is 2. The van der Waals surface area contributed by atoms with Crippen molar-refractivity contribution in [2.45, 2.75) is 31.8 Å². The van der Waals surface area contributed by atoms with Crippen LogP contribution in [-0.2, 0) is 21.7 Å². The van der Waals surface area contributed by atoms with Crippen LogP contribution >= 0.6 is 0 Å². The van der Waals surface area contributed by atoms with Gasteiger partial charge in [-0.25, -0.2) is 0 Å². The molecule has 1 aliphatic rings. The Labute approximate surface area is 146 Å². The number of hydrogen-bond acceptors (Lipinski definition) is 5. The summed E-state index contributed by atoms with van der Waals surface area (Å²) in [6, 6.07) is 0. The average molecular weight is 342 g/mol. The van der Waals surface area contributed by atoms with Gasteiger partial charge in [-0.1, -0.05) is 0 Å². The van der Waals surface area contributed by atoms with Crippen LogP contribution in [0.25, 0.3) is 0 Å². The van der Waals surface area contributed by atoms with E-state index in [9.17, 15) is 9.59 Å². The first-order valence-electron chi connectivity index (χ1n) is 8.23. The minimum absolute atomic E-state index is 0.0938. The van der Waals surface area contributed by atoms with E-state index in [1.807, 2.05) is 13.1 Å². The fraction of sp³-hybridized carbons (Fsp3) is 0.471. The third-order valence-corrected chi connectivity index (χ3v) is 4.49. The number of amides is 2. The molecule has 0 radical (unpaired) electrons. The van der Waals surface area contributed by atoms with E-state index in [-0.39, 0.29) is 18.4 Å². The summed E-state index contributed by atoms with van der Waals surface area (Å²) in [6.07, 6.45) is 9.48. The lowest BCUT2D eigenvalue weighted by Crippen LogP contribution is -2.55. The molecule has 25 heavy (non-hydrogen) atoms. The predicted molar refractivity (Wildman–Crippen MR) is 90.3 cm³/mol. The van der Waals surface area contributed by atoms with Crippen LogP contribution in [0.3, 0.4) is 0 Å². The average Bonchev–Trinajstić information content (AvgIpc) is 3.22. The zero-order valence-electron chi connectivity index (χ0n) is 14.7. The minimum atomic E-state index is -1.10. The molecule has 1 aliphatic heterocycles. The van der Waals surface area contributed by atoms with Crippen molar-refractivity contribution in [3.05, 3.63) is 42.2 Å². The zero-order valence-corrected chi connectivity index (χ0v) is 14.7. The molecule has 1 saturated heterocycles. The first-order valence-corrected chi connectivity index (χ1v) is 8.23. The third-order valence-electron chi connectivity index (χ3n) is 4.49. The van der Waals surface area contributed by atoms with Crippen molar-refractivity contribution in [3.8, 4) is 0 Å². The van der Waals surface area contributed by atoms with Gasteiger partial charge in [-0.15, -0.1) is 0 Å². The van der Waals surface area contributed by atoms with E-state index in [4.69, 9.17) is 0 Å². The number of aromatic nitrogens is 4. The highest BCUT2D eigenvalue weighted by molar-refractivity contribution is 5.92. The Morgan fingerprint density at radius 1 is 1.28 bits per heavy atom. The second kappa shape index (κ2) is 6.62. The van der Waals surface area contributed by atoms with Gasteiger partial charge in [-0.3, -0.25) is 24.2 Å². The van der Waals surface area contributed by atoms with Gasteiger partial charge in [0.2, 0.25) is 5.91 Å². The van der Waals surface area contributed by atoms with Gasteiger partial charge < -0.3 is 9.80 Å². The highest BCUT2D eigenvalue weighted by Gasteiger charge is 2.53. The van der Waals surface area contributed by atoms with Crippen molar-refractivity contribution in [2.75, 3.05) is 20.6 Å². The Bertz CT molecular complexity index is 772. The topological polar surface area (TPSA) is 84.2 Å². The molecule has 0 N–H and O–H groups in total. The quantitative estimate of drug-likeness (QED) is 0.812. The number of likely N-dealkylation sites (N-methyl/N-ethyl adjacent to an activating group) is 1. The maximum atomic E-state index is 13.1. The largest absolute Gasteiger partial charge is 0.346 e. The first-order chi connectivity index (χ1) is 11.9. The Morgan fingerprint density at radius 2 is 2.08 bits per heavy atom. The fourth-order valence-corrected chi connectivity index (χ4v) is 3.41. The lowest BCUT2D eigenvalue weighted by molar-refractivity contribution is -0.151. The summed E-state index contributed by atoms with van der Waals surface area (Å²) in [6.45, 7) is 2.52. The van der Waals surface area contributed by atoms with E-state index in [1.165, 1.54) is 4.90 Å². The number of carbonyl (C=O) groups excluding carboxylic acids is 2. The summed E-state index contributed by atoms with van der Waals surface area (Å²) in [5.74, 6) is -0.308. The van der Waals surface area contributed by atoms with Gasteiger partial charge in [0, 0.05) is 39.2 Å². The summed E-state index contributed by atoms with van der Waals surface area (Å²) in [4.78, 5) is 37.7. The molecule has 3 heterocycles. The molecule has 8 heteroatoms. The molecule has 2 aromatic rings. The van der Waals surface area contributed by atoms with E-state index < -0.39 is 5.54 Å². The molecule has 0 bridgehead atoms. The van der Waals surface area contributed by atoms with Crippen LogP contribution in [-0.4, -0.2) is 62.0 Å². The molecular weight excluding hydrogens is 320 g/mol. The van der Waals surface area contributed by atoms with Gasteiger partial charge in [0.1, 0.15) is 6.54 Å². The molecule has 0 aromatic carbocycles. The molecule has 0 saturated carbocycles. The Balaban J connectivity index is 1.98. The molecule has 3 rings (SSSR count). The molecule has 1 fully saturated rings. The van der Waals surface area contributed by atoms with Crippen LogP contribution in [0.15, 0.2) is 31.0 Å². The van der Waals surface area contributed by atoms with Crippen LogP contribution in [0.2, 0.25) is 0 Å². The highest BCUT2D eigenvalue weighted by Crippen LogP contribution is 2.39. The summed E-state index contributed by atoms with van der Waals surface area (Å²) < 4.78 is 1.59. The number of aryl methyl sites for hydroxylation is 1. The lowest BCUT2D eigenvalue weighted by Gasteiger charge is -2.38. The standard InChI is InChI=1S/C17H22N6O2/c1-13-9-20-22(11-13)12-15(24)23-8-4-5-17(23,16(25)21(2)3)14-10-18-6-7-19-14/h6-7,9-11H,4-5,8,12H2,1-3H3. The molecule has 2 aromatic heterocycles. The first kappa shape index (κ1) is 17.1. The second-order valence-corrected chi connectivity index (χ2v) is 6.51. The normalized spacial score (nSPS) is 19.9. The van der Waals surface area contributed by atoms with E-state index in [1.54, 1.807) is 48.5 Å². The number of likely N-dealkylation sites (tertiary alicyclic amines) is 1.